The number of benzene rings is 2. The molecule has 0 saturated carbocycles. The zero-order valence-corrected chi connectivity index (χ0v) is 26.6. The lowest BCUT2D eigenvalue weighted by molar-refractivity contribution is -0.132. The first kappa shape index (κ1) is 32.8. The Morgan fingerprint density at radius 3 is 2.47 bits per heavy atom. The lowest BCUT2D eigenvalue weighted by Crippen LogP contribution is -2.61. The van der Waals surface area contributed by atoms with Gasteiger partial charge in [-0.3, -0.25) is 24.4 Å². The van der Waals surface area contributed by atoms with Crippen molar-refractivity contribution in [2.45, 2.75) is 76.4 Å². The number of aliphatic hydroxyl groups is 2. The van der Waals surface area contributed by atoms with Gasteiger partial charge in [0.1, 0.15) is 6.04 Å². The lowest BCUT2D eigenvalue weighted by atomic mass is 9.91. The first-order chi connectivity index (χ1) is 21.6. The van der Waals surface area contributed by atoms with Crippen LogP contribution in [0.25, 0.3) is 0 Å². The summed E-state index contributed by atoms with van der Waals surface area (Å²) in [5, 5.41) is 28.5. The maximum atomic E-state index is 13.8. The highest BCUT2D eigenvalue weighted by molar-refractivity contribution is 5.83. The van der Waals surface area contributed by atoms with Crippen molar-refractivity contribution in [3.05, 3.63) is 101 Å². The van der Waals surface area contributed by atoms with E-state index in [1.54, 1.807) is 6.20 Å². The Balaban J connectivity index is 1.29. The van der Waals surface area contributed by atoms with Crippen molar-refractivity contribution >= 4 is 11.8 Å². The summed E-state index contributed by atoms with van der Waals surface area (Å²) in [4.78, 5) is 35.9. The second kappa shape index (κ2) is 14.6. The van der Waals surface area contributed by atoms with Crippen molar-refractivity contribution in [2.75, 3.05) is 26.2 Å². The highest BCUT2D eigenvalue weighted by Gasteiger charge is 2.37. The van der Waals surface area contributed by atoms with Crippen LogP contribution in [0.3, 0.4) is 0 Å². The van der Waals surface area contributed by atoms with Gasteiger partial charge in [-0.15, -0.1) is 0 Å². The van der Waals surface area contributed by atoms with Crippen molar-refractivity contribution in [1.29, 1.82) is 0 Å². The third-order valence-corrected chi connectivity index (χ3v) is 8.70. The predicted molar refractivity (Wildman–Crippen MR) is 174 cm³/mol. The molecule has 1 aliphatic carbocycles. The number of fused-ring (bicyclic) bond motifs is 1. The summed E-state index contributed by atoms with van der Waals surface area (Å²) in [6.07, 6.45) is 3.26. The molecule has 9 heteroatoms. The third kappa shape index (κ3) is 8.98. The third-order valence-electron chi connectivity index (χ3n) is 8.70. The number of nitrogens with one attached hydrogen (secondary N) is 2. The van der Waals surface area contributed by atoms with Crippen LogP contribution in [0, 0.1) is 5.92 Å². The minimum Gasteiger partial charge on any atom is -0.392 e. The second-order valence-corrected chi connectivity index (χ2v) is 13.6. The molecule has 0 spiro atoms. The van der Waals surface area contributed by atoms with Crippen molar-refractivity contribution < 1.29 is 19.8 Å². The molecule has 2 aromatic carbocycles. The zero-order valence-electron chi connectivity index (χ0n) is 26.6. The summed E-state index contributed by atoms with van der Waals surface area (Å²) in [7, 11) is 0. The molecular weight excluding hydrogens is 566 g/mol. The Morgan fingerprint density at radius 1 is 1.00 bits per heavy atom. The molecule has 1 aromatic heterocycles. The number of carbonyl (C=O) groups excluding carboxylic acids is 2. The highest BCUT2D eigenvalue weighted by atomic mass is 16.3. The minimum atomic E-state index is -0.833. The fourth-order valence-corrected chi connectivity index (χ4v) is 6.56. The number of piperazine rings is 1. The molecule has 1 saturated heterocycles. The van der Waals surface area contributed by atoms with E-state index in [-0.39, 0.29) is 24.8 Å². The minimum absolute atomic E-state index is 0.0712. The number of pyridine rings is 1. The van der Waals surface area contributed by atoms with Gasteiger partial charge in [0, 0.05) is 63.0 Å². The average molecular weight is 614 g/mol. The van der Waals surface area contributed by atoms with E-state index >= 15 is 0 Å². The van der Waals surface area contributed by atoms with E-state index < -0.39 is 35.7 Å². The van der Waals surface area contributed by atoms with E-state index in [0.717, 1.165) is 28.8 Å². The molecule has 5 atom stereocenters. The van der Waals surface area contributed by atoms with Crippen LogP contribution in [0.15, 0.2) is 79.1 Å². The summed E-state index contributed by atoms with van der Waals surface area (Å²) in [5.74, 6) is -0.781. The van der Waals surface area contributed by atoms with Crippen LogP contribution < -0.4 is 10.6 Å². The molecule has 240 valence electrons. The van der Waals surface area contributed by atoms with Crippen molar-refractivity contribution in [3.63, 3.8) is 0 Å². The number of aliphatic hydroxyl groups excluding tert-OH is 2. The molecule has 1 aliphatic heterocycles. The molecule has 2 aliphatic rings. The van der Waals surface area contributed by atoms with E-state index in [4.69, 9.17) is 0 Å². The van der Waals surface area contributed by atoms with Gasteiger partial charge in [0.25, 0.3) is 0 Å². The van der Waals surface area contributed by atoms with Gasteiger partial charge < -0.3 is 20.8 Å². The van der Waals surface area contributed by atoms with Crippen LogP contribution >= 0.6 is 0 Å². The Hall–Kier alpha value is -3.63. The molecule has 2 amide bonds. The van der Waals surface area contributed by atoms with Gasteiger partial charge in [0.2, 0.25) is 11.8 Å². The van der Waals surface area contributed by atoms with Gasteiger partial charge >= 0.3 is 0 Å². The molecule has 0 bridgehead atoms. The summed E-state index contributed by atoms with van der Waals surface area (Å²) >= 11 is 0. The average Bonchev–Trinajstić information content (AvgIpc) is 3.32. The molecule has 4 N–H and O–H groups in total. The van der Waals surface area contributed by atoms with Crippen LogP contribution in [-0.4, -0.2) is 86.8 Å². The lowest BCUT2D eigenvalue weighted by Gasteiger charge is -2.42. The van der Waals surface area contributed by atoms with Crippen LogP contribution in [0.2, 0.25) is 0 Å². The number of rotatable bonds is 11. The first-order valence-electron chi connectivity index (χ1n) is 16.0. The molecular formula is C36H47N5O4. The van der Waals surface area contributed by atoms with Gasteiger partial charge in [-0.05, 0) is 61.9 Å². The second-order valence-electron chi connectivity index (χ2n) is 13.6. The summed E-state index contributed by atoms with van der Waals surface area (Å²) in [6.45, 7) is 8.74. The highest BCUT2D eigenvalue weighted by Crippen LogP contribution is 2.32. The maximum absolute atomic E-state index is 13.8. The topological polar surface area (TPSA) is 118 Å². The monoisotopic (exact) mass is 613 g/mol. The number of carbonyl (C=O) groups is 2. The first-order valence-corrected chi connectivity index (χ1v) is 16.0. The normalized spacial score (nSPS) is 21.9. The van der Waals surface area contributed by atoms with Gasteiger partial charge in [0.05, 0.1) is 18.2 Å². The molecule has 45 heavy (non-hydrogen) atoms. The SMILES string of the molecule is CC(C)(C)NC(=O)[C@@H]1CN(Cc2cccnc2)CCN1C[C@@H](O)C[C@H](Cc1ccccc1)C(=O)N[C@H]1c2ccccc2C[C@@H]1O. The molecule has 9 nitrogen and oxygen atoms in total. The Bertz CT molecular complexity index is 1410. The molecule has 2 heterocycles. The molecule has 3 aromatic rings. The number of amides is 2. The number of hydrogen-bond acceptors (Lipinski definition) is 7. The fraction of sp³-hybridized carbons (Fsp3) is 0.472. The molecule has 5 rings (SSSR count). The summed E-state index contributed by atoms with van der Waals surface area (Å²) in [5.41, 5.74) is 3.68. The Kier molecular flexibility index (Phi) is 10.7. The van der Waals surface area contributed by atoms with Gasteiger partial charge in [-0.1, -0.05) is 60.7 Å². The van der Waals surface area contributed by atoms with Gasteiger partial charge in [0.15, 0.2) is 0 Å². The van der Waals surface area contributed by atoms with Crippen molar-refractivity contribution in [3.8, 4) is 0 Å². The molecule has 0 unspecified atom stereocenters. The van der Waals surface area contributed by atoms with E-state index in [2.05, 4.69) is 25.4 Å². The van der Waals surface area contributed by atoms with E-state index in [1.807, 2.05) is 93.7 Å². The van der Waals surface area contributed by atoms with E-state index in [1.165, 1.54) is 0 Å². The van der Waals surface area contributed by atoms with E-state index in [9.17, 15) is 19.8 Å². The zero-order chi connectivity index (χ0) is 32.0. The Morgan fingerprint density at radius 2 is 1.73 bits per heavy atom. The Labute approximate surface area is 266 Å². The number of aromatic nitrogens is 1. The van der Waals surface area contributed by atoms with Crippen LogP contribution in [-0.2, 0) is 29.0 Å². The number of hydrogen-bond donors (Lipinski definition) is 4. The predicted octanol–water partition coefficient (Wildman–Crippen LogP) is 2.87. The fourth-order valence-electron chi connectivity index (χ4n) is 6.56. The van der Waals surface area contributed by atoms with Crippen molar-refractivity contribution in [2.24, 2.45) is 5.92 Å². The standard InChI is InChI=1S/C36H47N5O4/c1-36(2,3)39-35(45)31-24-40(22-26-12-9-15-37-21-26)16-17-41(31)23-29(42)19-28(18-25-10-5-4-6-11-25)34(44)38-33-30-14-8-7-13-27(30)20-32(33)43/h4-15,21,28-29,31-33,42-43H,16-20,22-24H2,1-3H3,(H,38,44)(H,39,45)/t28-,29-,31-,32-,33-/m0/s1. The number of β-amino-alcohol motifs (C(OH)–C–C–N with tert-alkyl or cyclic N) is 1. The smallest absolute Gasteiger partial charge is 0.239 e. The van der Waals surface area contributed by atoms with Crippen LogP contribution in [0.5, 0.6) is 0 Å². The van der Waals surface area contributed by atoms with E-state index in [0.29, 0.717) is 32.5 Å². The maximum Gasteiger partial charge on any atom is 0.239 e. The number of nitrogens with zero attached hydrogens (tertiary/aromatic N) is 3. The summed E-state index contributed by atoms with van der Waals surface area (Å²) in [6, 6.07) is 20.6. The largest absolute Gasteiger partial charge is 0.392 e. The molecule has 0 radical (unpaired) electrons. The van der Waals surface area contributed by atoms with Crippen LogP contribution in [0.4, 0.5) is 0 Å². The van der Waals surface area contributed by atoms with Crippen molar-refractivity contribution in [1.82, 2.24) is 25.4 Å². The summed E-state index contributed by atoms with van der Waals surface area (Å²) < 4.78 is 0. The van der Waals surface area contributed by atoms with Gasteiger partial charge in [-0.2, -0.15) is 0 Å². The van der Waals surface area contributed by atoms with Gasteiger partial charge in [-0.25, -0.2) is 0 Å². The van der Waals surface area contributed by atoms with Crippen LogP contribution in [0.1, 0.15) is 55.5 Å². The molecule has 1 fully saturated rings. The quantitative estimate of drug-likeness (QED) is 0.263.